The summed E-state index contributed by atoms with van der Waals surface area (Å²) < 4.78 is 27.9. The largest absolute Gasteiger partial charge is 0.243 e. The highest BCUT2D eigenvalue weighted by Crippen LogP contribution is 2.45. The van der Waals surface area contributed by atoms with Gasteiger partial charge in [-0.15, -0.1) is 0 Å². The minimum atomic E-state index is -3.43. The molecule has 1 aliphatic heterocycles. The summed E-state index contributed by atoms with van der Waals surface area (Å²) in [7, 11) is -3.43. The number of benzene rings is 1. The lowest BCUT2D eigenvalue weighted by Gasteiger charge is -2.44. The number of nitrogens with zero attached hydrogens (tertiary/aromatic N) is 1. The highest BCUT2D eigenvalue weighted by molar-refractivity contribution is 7.89. The van der Waals surface area contributed by atoms with Gasteiger partial charge in [0.2, 0.25) is 10.0 Å². The van der Waals surface area contributed by atoms with Crippen LogP contribution in [0.3, 0.4) is 0 Å². The molecule has 1 saturated carbocycles. The fraction of sp³-hybridized carbons (Fsp3) is 0.529. The minimum absolute atomic E-state index is 0.162. The maximum atomic E-state index is 13.1. The first kappa shape index (κ1) is 14.8. The van der Waals surface area contributed by atoms with E-state index in [4.69, 9.17) is 0 Å². The zero-order valence-electron chi connectivity index (χ0n) is 12.6. The fourth-order valence-corrected chi connectivity index (χ4v) is 5.56. The van der Waals surface area contributed by atoms with Gasteiger partial charge in [0.15, 0.2) is 0 Å². The van der Waals surface area contributed by atoms with Crippen LogP contribution in [0.5, 0.6) is 0 Å². The Morgan fingerprint density at radius 2 is 1.71 bits per heavy atom. The zero-order valence-corrected chi connectivity index (χ0v) is 13.5. The lowest BCUT2D eigenvalue weighted by Crippen LogP contribution is -2.53. The molecule has 2 fully saturated rings. The van der Waals surface area contributed by atoms with E-state index in [9.17, 15) is 8.42 Å². The van der Waals surface area contributed by atoms with Crippen molar-refractivity contribution >= 4 is 10.0 Å². The van der Waals surface area contributed by atoms with E-state index in [2.05, 4.69) is 6.58 Å². The van der Waals surface area contributed by atoms with Crippen LogP contribution >= 0.6 is 0 Å². The number of hydrogen-bond acceptors (Lipinski definition) is 2. The van der Waals surface area contributed by atoms with Crippen molar-refractivity contribution in [3.8, 4) is 0 Å². The van der Waals surface area contributed by atoms with E-state index in [1.807, 2.05) is 19.1 Å². The van der Waals surface area contributed by atoms with Crippen LogP contribution in [0, 0.1) is 6.92 Å². The molecule has 1 aliphatic carbocycles. The van der Waals surface area contributed by atoms with E-state index in [0.29, 0.717) is 11.4 Å². The average molecular weight is 305 g/mol. The molecule has 3 nitrogen and oxygen atoms in total. The van der Waals surface area contributed by atoms with Gasteiger partial charge >= 0.3 is 0 Å². The lowest BCUT2D eigenvalue weighted by atomic mass is 9.86. The second-order valence-corrected chi connectivity index (χ2v) is 8.37. The highest BCUT2D eigenvalue weighted by Gasteiger charge is 2.47. The number of aryl methyl sites for hydroxylation is 1. The van der Waals surface area contributed by atoms with Crippen LogP contribution in [0.1, 0.15) is 44.1 Å². The van der Waals surface area contributed by atoms with Gasteiger partial charge in [0.25, 0.3) is 0 Å². The molecule has 3 rings (SSSR count). The predicted octanol–water partition coefficient (Wildman–Crippen LogP) is 3.65. The van der Waals surface area contributed by atoms with Crippen LogP contribution in [-0.4, -0.2) is 24.8 Å². The van der Waals surface area contributed by atoms with Gasteiger partial charge < -0.3 is 0 Å². The van der Waals surface area contributed by atoms with E-state index in [1.54, 1.807) is 16.4 Å². The molecule has 1 aromatic rings. The summed E-state index contributed by atoms with van der Waals surface area (Å²) in [4.78, 5) is 0.411. The molecule has 0 aromatic heterocycles. The van der Waals surface area contributed by atoms with Crippen LogP contribution in [0.25, 0.3) is 0 Å². The summed E-state index contributed by atoms with van der Waals surface area (Å²) in [5.41, 5.74) is 1.95. The molecular weight excluding hydrogens is 282 g/mol. The number of hydrogen-bond donors (Lipinski definition) is 0. The molecule has 1 spiro atoms. The van der Waals surface area contributed by atoms with Crippen molar-refractivity contribution in [2.24, 2.45) is 0 Å². The summed E-state index contributed by atoms with van der Waals surface area (Å²) >= 11 is 0. The van der Waals surface area contributed by atoms with Gasteiger partial charge in [0.05, 0.1) is 4.90 Å². The Morgan fingerprint density at radius 1 is 1.10 bits per heavy atom. The number of rotatable bonds is 2. The first-order chi connectivity index (χ1) is 9.94. The molecule has 0 amide bonds. The van der Waals surface area contributed by atoms with Crippen molar-refractivity contribution in [1.82, 2.24) is 4.31 Å². The van der Waals surface area contributed by atoms with Crippen LogP contribution in [0.15, 0.2) is 41.3 Å². The minimum Gasteiger partial charge on any atom is -0.207 e. The normalized spacial score (nSPS) is 22.8. The first-order valence-corrected chi connectivity index (χ1v) is 9.14. The van der Waals surface area contributed by atoms with E-state index >= 15 is 0 Å². The SMILES string of the molecule is C=C1CCC2(CCCC2)N(S(=O)(=O)c2ccc(C)cc2)C1. The Morgan fingerprint density at radius 3 is 2.33 bits per heavy atom. The molecule has 0 unspecified atom stereocenters. The molecule has 21 heavy (non-hydrogen) atoms. The lowest BCUT2D eigenvalue weighted by molar-refractivity contribution is 0.163. The topological polar surface area (TPSA) is 37.4 Å². The molecule has 4 heteroatoms. The second-order valence-electron chi connectivity index (χ2n) is 6.51. The smallest absolute Gasteiger partial charge is 0.207 e. The van der Waals surface area contributed by atoms with Crippen LogP contribution in [0.2, 0.25) is 0 Å². The quantitative estimate of drug-likeness (QED) is 0.782. The summed E-state index contributed by atoms with van der Waals surface area (Å²) in [5.74, 6) is 0. The molecule has 0 atom stereocenters. The molecule has 0 radical (unpaired) electrons. The van der Waals surface area contributed by atoms with E-state index in [0.717, 1.165) is 49.7 Å². The van der Waals surface area contributed by atoms with Gasteiger partial charge in [0.1, 0.15) is 0 Å². The van der Waals surface area contributed by atoms with Crippen LogP contribution < -0.4 is 0 Å². The van der Waals surface area contributed by atoms with Crippen molar-refractivity contribution in [2.45, 2.75) is 55.9 Å². The van der Waals surface area contributed by atoms with Crippen molar-refractivity contribution in [1.29, 1.82) is 0 Å². The third kappa shape index (κ3) is 2.55. The molecule has 2 aliphatic rings. The molecule has 1 heterocycles. The summed E-state index contributed by atoms with van der Waals surface area (Å²) in [5, 5.41) is 0. The fourth-order valence-electron chi connectivity index (χ4n) is 3.69. The molecule has 114 valence electrons. The Balaban J connectivity index is 2.02. The van der Waals surface area contributed by atoms with E-state index in [1.165, 1.54) is 0 Å². The van der Waals surface area contributed by atoms with Crippen molar-refractivity contribution in [2.75, 3.05) is 6.54 Å². The maximum absolute atomic E-state index is 13.1. The zero-order chi connectivity index (χ0) is 15.1. The Hall–Kier alpha value is -1.13. The second kappa shape index (κ2) is 5.25. The molecular formula is C17H23NO2S. The van der Waals surface area contributed by atoms with Crippen LogP contribution in [0.4, 0.5) is 0 Å². The Bertz CT molecular complexity index is 640. The van der Waals surface area contributed by atoms with Gasteiger partial charge in [-0.05, 0) is 44.7 Å². The van der Waals surface area contributed by atoms with Crippen LogP contribution in [-0.2, 0) is 10.0 Å². The molecule has 1 aromatic carbocycles. The molecule has 0 bridgehead atoms. The van der Waals surface area contributed by atoms with Gasteiger partial charge in [-0.2, -0.15) is 4.31 Å². The van der Waals surface area contributed by atoms with Crippen molar-refractivity contribution in [3.05, 3.63) is 42.0 Å². The van der Waals surface area contributed by atoms with E-state index < -0.39 is 10.0 Å². The van der Waals surface area contributed by atoms with E-state index in [-0.39, 0.29) is 5.54 Å². The molecule has 0 N–H and O–H groups in total. The first-order valence-electron chi connectivity index (χ1n) is 7.70. The highest BCUT2D eigenvalue weighted by atomic mass is 32.2. The molecule has 1 saturated heterocycles. The third-order valence-electron chi connectivity index (χ3n) is 4.98. The summed E-state index contributed by atoms with van der Waals surface area (Å²) in [6.07, 6.45) is 6.13. The summed E-state index contributed by atoms with van der Waals surface area (Å²) in [6, 6.07) is 7.19. The van der Waals surface area contributed by atoms with Gasteiger partial charge in [-0.3, -0.25) is 0 Å². The van der Waals surface area contributed by atoms with Gasteiger partial charge in [-0.25, -0.2) is 8.42 Å². The number of piperidine rings is 1. The third-order valence-corrected chi connectivity index (χ3v) is 6.95. The number of sulfonamides is 1. The Kier molecular flexibility index (Phi) is 3.70. The van der Waals surface area contributed by atoms with Gasteiger partial charge in [-0.1, -0.05) is 42.7 Å². The average Bonchev–Trinajstić information content (AvgIpc) is 2.91. The van der Waals surface area contributed by atoms with Crippen molar-refractivity contribution in [3.63, 3.8) is 0 Å². The Labute approximate surface area is 127 Å². The predicted molar refractivity (Wildman–Crippen MR) is 84.6 cm³/mol. The van der Waals surface area contributed by atoms with Crippen molar-refractivity contribution < 1.29 is 8.42 Å². The summed E-state index contributed by atoms with van der Waals surface area (Å²) in [6.45, 7) is 6.49. The van der Waals surface area contributed by atoms with Gasteiger partial charge in [0, 0.05) is 12.1 Å². The standard InChI is InChI=1S/C17H23NO2S/c1-14-5-7-16(8-6-14)21(19,20)18-13-15(2)9-12-17(18)10-3-4-11-17/h5-8H,2-4,9-13H2,1H3. The maximum Gasteiger partial charge on any atom is 0.243 e. The monoisotopic (exact) mass is 305 g/mol.